The van der Waals surface area contributed by atoms with Crippen molar-refractivity contribution in [3.05, 3.63) is 47.5 Å². The average molecular weight is 395 g/mol. The van der Waals surface area contributed by atoms with Crippen LogP contribution >= 0.6 is 0 Å². The minimum absolute atomic E-state index is 0.0754. The molecule has 1 saturated heterocycles. The Kier molecular flexibility index (Phi) is 5.20. The van der Waals surface area contributed by atoms with Crippen molar-refractivity contribution in [2.75, 3.05) is 0 Å². The van der Waals surface area contributed by atoms with E-state index in [9.17, 15) is 19.2 Å². The zero-order chi connectivity index (χ0) is 20.5. The molecule has 1 amide bonds. The van der Waals surface area contributed by atoms with Crippen molar-refractivity contribution >= 4 is 11.7 Å². The average Bonchev–Trinajstić information content (AvgIpc) is 3.45. The minimum atomic E-state index is -0.809. The van der Waals surface area contributed by atoms with Crippen molar-refractivity contribution in [3.63, 3.8) is 0 Å². The summed E-state index contributed by atoms with van der Waals surface area (Å²) in [7, 11) is 0. The zero-order valence-electron chi connectivity index (χ0n) is 16.1. The lowest BCUT2D eigenvalue weighted by Crippen LogP contribution is -2.50. The summed E-state index contributed by atoms with van der Waals surface area (Å²) in [5.74, 6) is 0.0533. The topological polar surface area (TPSA) is 95.1 Å². The van der Waals surface area contributed by atoms with E-state index >= 15 is 0 Å². The van der Waals surface area contributed by atoms with Crippen LogP contribution in [0.4, 0.5) is 4.39 Å². The summed E-state index contributed by atoms with van der Waals surface area (Å²) in [6.07, 6.45) is 3.20. The van der Waals surface area contributed by atoms with Crippen LogP contribution in [0.3, 0.4) is 0 Å². The van der Waals surface area contributed by atoms with Gasteiger partial charge in [0.2, 0.25) is 5.91 Å². The SMILES string of the molecule is CC(=O)c1ccc(-c2ccc(C[C@@H](C#N)NC(=O)[C@H]3N[C@@H]4CC[C@H]3C4)c(F)c2)o1. The number of fused-ring (bicyclic) bond motifs is 2. The van der Waals surface area contributed by atoms with Gasteiger partial charge in [0.15, 0.2) is 11.5 Å². The fraction of sp³-hybridized carbons (Fsp3) is 0.409. The predicted molar refractivity (Wildman–Crippen MR) is 103 cm³/mol. The molecule has 4 atom stereocenters. The second kappa shape index (κ2) is 7.80. The number of nitrogens with one attached hydrogen (secondary N) is 2. The first-order chi connectivity index (χ1) is 13.9. The molecule has 2 aliphatic rings. The van der Waals surface area contributed by atoms with E-state index in [1.165, 1.54) is 13.0 Å². The third-order valence-electron chi connectivity index (χ3n) is 5.83. The van der Waals surface area contributed by atoms with Gasteiger partial charge in [-0.15, -0.1) is 0 Å². The van der Waals surface area contributed by atoms with Crippen LogP contribution < -0.4 is 10.6 Å². The van der Waals surface area contributed by atoms with E-state index in [0.717, 1.165) is 19.3 Å². The smallest absolute Gasteiger partial charge is 0.238 e. The maximum atomic E-state index is 14.6. The summed E-state index contributed by atoms with van der Waals surface area (Å²) in [5.41, 5.74) is 0.835. The van der Waals surface area contributed by atoms with E-state index in [4.69, 9.17) is 4.42 Å². The van der Waals surface area contributed by atoms with Gasteiger partial charge in [0.1, 0.15) is 17.6 Å². The second-order valence-electron chi connectivity index (χ2n) is 7.84. The molecular formula is C22H22FN3O3. The number of rotatable bonds is 6. The Bertz CT molecular complexity index is 993. The number of hydrogen-bond acceptors (Lipinski definition) is 5. The Hall–Kier alpha value is -2.98. The Morgan fingerprint density at radius 1 is 1.34 bits per heavy atom. The number of benzene rings is 1. The number of halogens is 1. The number of ketones is 1. The van der Waals surface area contributed by atoms with Crippen LogP contribution in [0.1, 0.15) is 42.3 Å². The number of furan rings is 1. The van der Waals surface area contributed by atoms with E-state index < -0.39 is 11.9 Å². The quantitative estimate of drug-likeness (QED) is 0.733. The molecule has 2 heterocycles. The maximum Gasteiger partial charge on any atom is 0.238 e. The van der Waals surface area contributed by atoms with Gasteiger partial charge in [-0.3, -0.25) is 9.59 Å². The molecule has 4 rings (SSSR count). The number of Topliss-reactive ketones (excluding diaryl/α,β-unsaturated/α-hetero) is 1. The van der Waals surface area contributed by atoms with E-state index in [-0.39, 0.29) is 29.9 Å². The molecule has 0 unspecified atom stereocenters. The predicted octanol–water partition coefficient (Wildman–Crippen LogP) is 2.98. The van der Waals surface area contributed by atoms with Crippen LogP contribution in [0.15, 0.2) is 34.7 Å². The van der Waals surface area contributed by atoms with E-state index in [2.05, 4.69) is 16.7 Å². The van der Waals surface area contributed by atoms with Crippen LogP contribution in [0.2, 0.25) is 0 Å². The molecule has 2 N–H and O–H groups in total. The molecule has 1 aromatic carbocycles. The van der Waals surface area contributed by atoms with Gasteiger partial charge in [0, 0.05) is 24.9 Å². The van der Waals surface area contributed by atoms with Gasteiger partial charge in [0.25, 0.3) is 0 Å². The number of nitrogens with zero attached hydrogens (tertiary/aromatic N) is 1. The summed E-state index contributed by atoms with van der Waals surface area (Å²) < 4.78 is 20.0. The number of hydrogen-bond donors (Lipinski definition) is 2. The van der Waals surface area contributed by atoms with Crippen LogP contribution in [0, 0.1) is 23.1 Å². The summed E-state index contributed by atoms with van der Waals surface area (Å²) in [6.45, 7) is 1.40. The number of carbonyl (C=O) groups excluding carboxylic acids is 2. The van der Waals surface area contributed by atoms with Gasteiger partial charge in [0.05, 0.1) is 12.1 Å². The van der Waals surface area contributed by atoms with Crippen LogP contribution in [-0.4, -0.2) is 29.8 Å². The maximum absolute atomic E-state index is 14.6. The zero-order valence-corrected chi connectivity index (χ0v) is 16.1. The molecule has 0 radical (unpaired) electrons. The first-order valence-corrected chi connectivity index (χ1v) is 9.80. The molecule has 29 heavy (non-hydrogen) atoms. The first-order valence-electron chi connectivity index (χ1n) is 9.80. The number of carbonyl (C=O) groups is 2. The monoisotopic (exact) mass is 395 g/mol. The van der Waals surface area contributed by atoms with Crippen LogP contribution in [-0.2, 0) is 11.2 Å². The third kappa shape index (κ3) is 3.94. The highest BCUT2D eigenvalue weighted by Crippen LogP contribution is 2.35. The van der Waals surface area contributed by atoms with Gasteiger partial charge < -0.3 is 15.1 Å². The number of nitriles is 1. The molecule has 1 aliphatic carbocycles. The fourth-order valence-corrected chi connectivity index (χ4v) is 4.31. The van der Waals surface area contributed by atoms with Crippen molar-refractivity contribution in [1.82, 2.24) is 10.6 Å². The molecule has 1 aliphatic heterocycles. The van der Waals surface area contributed by atoms with E-state index in [0.29, 0.717) is 28.8 Å². The second-order valence-corrected chi connectivity index (χ2v) is 7.84. The molecule has 1 saturated carbocycles. The Morgan fingerprint density at radius 2 is 2.17 bits per heavy atom. The fourth-order valence-electron chi connectivity index (χ4n) is 4.31. The first kappa shape index (κ1) is 19.3. The van der Waals surface area contributed by atoms with Crippen molar-refractivity contribution in [3.8, 4) is 17.4 Å². The largest absolute Gasteiger partial charge is 0.453 e. The van der Waals surface area contributed by atoms with Crippen molar-refractivity contribution in [2.24, 2.45) is 5.92 Å². The lowest BCUT2D eigenvalue weighted by atomic mass is 9.98. The molecule has 2 aromatic rings. The number of amides is 1. The Morgan fingerprint density at radius 3 is 2.76 bits per heavy atom. The van der Waals surface area contributed by atoms with Crippen LogP contribution in [0.5, 0.6) is 0 Å². The van der Waals surface area contributed by atoms with Crippen molar-refractivity contribution < 1.29 is 18.4 Å². The van der Waals surface area contributed by atoms with Gasteiger partial charge in [-0.2, -0.15) is 5.26 Å². The number of piperidine rings is 1. The van der Waals surface area contributed by atoms with Gasteiger partial charge >= 0.3 is 0 Å². The molecule has 2 bridgehead atoms. The standard InChI is InChI=1S/C22H22FN3O3/c1-12(27)19-6-7-20(29-19)14-3-2-13(18(23)10-14)8-17(11-24)26-22(28)21-15-4-5-16(9-15)25-21/h2-3,6-7,10,15-17,21,25H,4-5,8-9H2,1H3,(H,26,28)/t15-,16+,17-,21-/m0/s1. The van der Waals surface area contributed by atoms with E-state index in [1.54, 1.807) is 24.3 Å². The van der Waals surface area contributed by atoms with Crippen LogP contribution in [0.25, 0.3) is 11.3 Å². The molecule has 1 aromatic heterocycles. The summed E-state index contributed by atoms with van der Waals surface area (Å²) in [5, 5.41) is 15.5. The molecule has 0 spiro atoms. The molecule has 150 valence electrons. The normalized spacial score (nSPS) is 23.6. The summed E-state index contributed by atoms with van der Waals surface area (Å²) in [4.78, 5) is 23.9. The van der Waals surface area contributed by atoms with Gasteiger partial charge in [-0.05, 0) is 48.9 Å². The minimum Gasteiger partial charge on any atom is -0.453 e. The highest BCUT2D eigenvalue weighted by Gasteiger charge is 2.43. The van der Waals surface area contributed by atoms with E-state index in [1.807, 2.05) is 0 Å². The summed E-state index contributed by atoms with van der Waals surface area (Å²) >= 11 is 0. The molecule has 6 nitrogen and oxygen atoms in total. The highest BCUT2D eigenvalue weighted by atomic mass is 19.1. The third-order valence-corrected chi connectivity index (χ3v) is 5.83. The molecular weight excluding hydrogens is 373 g/mol. The Labute approximate surface area is 168 Å². The lowest BCUT2D eigenvalue weighted by Gasteiger charge is -2.23. The molecule has 7 heteroatoms. The highest BCUT2D eigenvalue weighted by molar-refractivity contribution is 5.91. The van der Waals surface area contributed by atoms with Gasteiger partial charge in [-0.25, -0.2) is 4.39 Å². The summed E-state index contributed by atoms with van der Waals surface area (Å²) in [6, 6.07) is 9.11. The Balaban J connectivity index is 1.43. The lowest BCUT2D eigenvalue weighted by molar-refractivity contribution is -0.124. The van der Waals surface area contributed by atoms with Gasteiger partial charge in [-0.1, -0.05) is 12.1 Å². The van der Waals surface area contributed by atoms with Crippen molar-refractivity contribution in [1.29, 1.82) is 5.26 Å². The molecule has 2 fully saturated rings. The van der Waals surface area contributed by atoms with Crippen molar-refractivity contribution in [2.45, 2.75) is 50.7 Å².